The summed E-state index contributed by atoms with van der Waals surface area (Å²) in [5.41, 5.74) is 5.24. The summed E-state index contributed by atoms with van der Waals surface area (Å²) in [6.45, 7) is 1.68. The maximum absolute atomic E-state index is 10.9. The lowest BCUT2D eigenvalue weighted by Crippen LogP contribution is -2.37. The van der Waals surface area contributed by atoms with E-state index in [-0.39, 0.29) is 12.5 Å². The van der Waals surface area contributed by atoms with Gasteiger partial charge in [0.15, 0.2) is 0 Å². The molecular formula is C25H26ClN3O2. The quantitative estimate of drug-likeness (QED) is 0.485. The first kappa shape index (κ1) is 21.3. The number of fused-ring (bicyclic) bond motifs is 1. The maximum atomic E-state index is 10.9. The second-order valence-corrected chi connectivity index (χ2v) is 8.34. The molecule has 31 heavy (non-hydrogen) atoms. The Kier molecular flexibility index (Phi) is 6.85. The molecule has 2 atom stereocenters. The predicted molar refractivity (Wildman–Crippen MR) is 124 cm³/mol. The highest BCUT2D eigenvalue weighted by Crippen LogP contribution is 2.31. The van der Waals surface area contributed by atoms with Crippen LogP contribution in [0.5, 0.6) is 0 Å². The Hall–Kier alpha value is -2.89. The minimum Gasteiger partial charge on any atom is -0.481 e. The zero-order chi connectivity index (χ0) is 21.6. The van der Waals surface area contributed by atoms with Crippen LogP contribution >= 0.6 is 11.6 Å². The first-order valence-corrected chi connectivity index (χ1v) is 10.9. The molecule has 1 aromatic heterocycles. The van der Waals surface area contributed by atoms with E-state index >= 15 is 0 Å². The zero-order valence-electron chi connectivity index (χ0n) is 17.2. The first-order chi connectivity index (χ1) is 15.1. The molecule has 1 aliphatic heterocycles. The van der Waals surface area contributed by atoms with E-state index in [1.54, 1.807) is 0 Å². The lowest BCUT2D eigenvalue weighted by atomic mass is 9.86. The summed E-state index contributed by atoms with van der Waals surface area (Å²) < 4.78 is 0. The van der Waals surface area contributed by atoms with E-state index in [0.29, 0.717) is 16.5 Å². The molecule has 160 valence electrons. The Morgan fingerprint density at radius 1 is 1.19 bits per heavy atom. The van der Waals surface area contributed by atoms with Crippen LogP contribution in [0, 0.1) is 5.92 Å². The third-order valence-corrected chi connectivity index (χ3v) is 6.12. The molecule has 0 saturated heterocycles. The van der Waals surface area contributed by atoms with Gasteiger partial charge in [0.25, 0.3) is 0 Å². The van der Waals surface area contributed by atoms with E-state index in [0.717, 1.165) is 42.9 Å². The van der Waals surface area contributed by atoms with E-state index in [9.17, 15) is 4.79 Å². The predicted octanol–water partition coefficient (Wildman–Crippen LogP) is 4.52. The molecule has 1 aliphatic rings. The van der Waals surface area contributed by atoms with Gasteiger partial charge in [0.2, 0.25) is 0 Å². The van der Waals surface area contributed by atoms with Crippen LogP contribution in [0.25, 0.3) is 0 Å². The molecule has 4 rings (SSSR count). The standard InChI is InChI=1S/C25H26ClN3O2/c26-21-13-17(8-9-19(21)15-24(30)31)10-12-28-25(18-5-2-1-3-6-18)20-14-23-22(29-16-20)7-4-11-27-23/h1-9,11,13,20,25,28-29H,10,12,14-16H2,(H,30,31)/t20-,25-/m1/s1. The van der Waals surface area contributed by atoms with E-state index in [2.05, 4.69) is 45.9 Å². The van der Waals surface area contributed by atoms with Gasteiger partial charge in [-0.3, -0.25) is 9.78 Å². The summed E-state index contributed by atoms with van der Waals surface area (Å²) in [5, 5.41) is 16.8. The molecule has 0 radical (unpaired) electrons. The Morgan fingerprint density at radius 2 is 2.03 bits per heavy atom. The molecular weight excluding hydrogens is 410 g/mol. The topological polar surface area (TPSA) is 74.2 Å². The molecule has 0 bridgehead atoms. The number of rotatable bonds is 8. The van der Waals surface area contributed by atoms with Gasteiger partial charge in [-0.2, -0.15) is 0 Å². The number of pyridine rings is 1. The molecule has 0 amide bonds. The molecule has 0 saturated carbocycles. The van der Waals surface area contributed by atoms with Crippen molar-refractivity contribution < 1.29 is 9.90 Å². The smallest absolute Gasteiger partial charge is 0.307 e. The van der Waals surface area contributed by atoms with Crippen LogP contribution < -0.4 is 10.6 Å². The fourth-order valence-corrected chi connectivity index (χ4v) is 4.47. The molecule has 2 heterocycles. The number of carboxylic acid groups (broad SMARTS) is 1. The van der Waals surface area contributed by atoms with E-state index in [1.807, 2.05) is 36.5 Å². The molecule has 2 aromatic carbocycles. The average molecular weight is 436 g/mol. The van der Waals surface area contributed by atoms with Crippen molar-refractivity contribution in [1.29, 1.82) is 0 Å². The van der Waals surface area contributed by atoms with Gasteiger partial charge in [-0.15, -0.1) is 0 Å². The van der Waals surface area contributed by atoms with Crippen LogP contribution in [0.3, 0.4) is 0 Å². The van der Waals surface area contributed by atoms with Crippen molar-refractivity contribution in [2.45, 2.75) is 25.3 Å². The monoisotopic (exact) mass is 435 g/mol. The average Bonchev–Trinajstić information content (AvgIpc) is 2.78. The molecule has 5 nitrogen and oxygen atoms in total. The summed E-state index contributed by atoms with van der Waals surface area (Å²) in [4.78, 5) is 15.5. The lowest BCUT2D eigenvalue weighted by molar-refractivity contribution is -0.136. The number of carbonyl (C=O) groups is 1. The third kappa shape index (κ3) is 5.43. The van der Waals surface area contributed by atoms with Crippen molar-refractivity contribution in [3.8, 4) is 0 Å². The number of hydrogen-bond donors (Lipinski definition) is 3. The van der Waals surface area contributed by atoms with E-state index < -0.39 is 5.97 Å². The largest absolute Gasteiger partial charge is 0.481 e. The van der Waals surface area contributed by atoms with Crippen molar-refractivity contribution in [3.63, 3.8) is 0 Å². The lowest BCUT2D eigenvalue weighted by Gasteiger charge is -2.33. The van der Waals surface area contributed by atoms with Gasteiger partial charge in [-0.25, -0.2) is 0 Å². The molecule has 0 aliphatic carbocycles. The number of nitrogens with zero attached hydrogens (tertiary/aromatic N) is 1. The van der Waals surface area contributed by atoms with Crippen molar-refractivity contribution in [3.05, 3.63) is 94.3 Å². The summed E-state index contributed by atoms with van der Waals surface area (Å²) >= 11 is 6.28. The van der Waals surface area contributed by atoms with Gasteiger partial charge in [0.1, 0.15) is 0 Å². The van der Waals surface area contributed by atoms with Gasteiger partial charge >= 0.3 is 5.97 Å². The molecule has 3 aromatic rings. The highest BCUT2D eigenvalue weighted by molar-refractivity contribution is 6.31. The van der Waals surface area contributed by atoms with Crippen LogP contribution in [-0.4, -0.2) is 29.1 Å². The van der Waals surface area contributed by atoms with Gasteiger partial charge in [0.05, 0.1) is 17.8 Å². The van der Waals surface area contributed by atoms with Crippen LogP contribution in [-0.2, 0) is 24.1 Å². The minimum absolute atomic E-state index is 0.0579. The number of hydrogen-bond acceptors (Lipinski definition) is 4. The molecule has 0 unspecified atom stereocenters. The Morgan fingerprint density at radius 3 is 2.81 bits per heavy atom. The summed E-state index contributed by atoms with van der Waals surface area (Å²) in [7, 11) is 0. The number of aliphatic carboxylic acids is 1. The number of carboxylic acids is 1. The van der Waals surface area contributed by atoms with Crippen molar-refractivity contribution in [2.75, 3.05) is 18.4 Å². The summed E-state index contributed by atoms with van der Waals surface area (Å²) in [5.74, 6) is -0.495. The van der Waals surface area contributed by atoms with Crippen molar-refractivity contribution in [2.24, 2.45) is 5.92 Å². The zero-order valence-corrected chi connectivity index (χ0v) is 18.0. The van der Waals surface area contributed by atoms with Gasteiger partial charge in [-0.05, 0) is 54.3 Å². The molecule has 0 fully saturated rings. The molecule has 0 spiro atoms. The van der Waals surface area contributed by atoms with Crippen LogP contribution in [0.4, 0.5) is 5.69 Å². The van der Waals surface area contributed by atoms with Crippen LogP contribution in [0.15, 0.2) is 66.9 Å². The van der Waals surface area contributed by atoms with Gasteiger partial charge in [-0.1, -0.05) is 54.1 Å². The summed E-state index contributed by atoms with van der Waals surface area (Å²) in [6, 6.07) is 20.4. The molecule has 6 heteroatoms. The Labute approximate surface area is 187 Å². The van der Waals surface area contributed by atoms with Crippen molar-refractivity contribution in [1.82, 2.24) is 10.3 Å². The minimum atomic E-state index is -0.876. The molecule has 3 N–H and O–H groups in total. The highest BCUT2D eigenvalue weighted by Gasteiger charge is 2.27. The van der Waals surface area contributed by atoms with Crippen LogP contribution in [0.2, 0.25) is 5.02 Å². The fourth-order valence-electron chi connectivity index (χ4n) is 4.20. The second kappa shape index (κ2) is 9.94. The summed E-state index contributed by atoms with van der Waals surface area (Å²) in [6.07, 6.45) is 3.53. The van der Waals surface area contributed by atoms with E-state index in [1.165, 1.54) is 5.56 Å². The fraction of sp³-hybridized carbons (Fsp3) is 0.280. The third-order valence-electron chi connectivity index (χ3n) is 5.77. The highest BCUT2D eigenvalue weighted by atomic mass is 35.5. The number of aromatic nitrogens is 1. The first-order valence-electron chi connectivity index (χ1n) is 10.6. The van der Waals surface area contributed by atoms with Gasteiger partial charge < -0.3 is 15.7 Å². The van der Waals surface area contributed by atoms with E-state index in [4.69, 9.17) is 16.7 Å². The van der Waals surface area contributed by atoms with Crippen LogP contribution in [0.1, 0.15) is 28.4 Å². The number of halogens is 1. The maximum Gasteiger partial charge on any atom is 0.307 e. The Balaban J connectivity index is 1.44. The number of nitrogens with one attached hydrogen (secondary N) is 2. The normalized spacial score (nSPS) is 16.2. The second-order valence-electron chi connectivity index (χ2n) is 7.93. The SMILES string of the molecule is O=C(O)Cc1ccc(CCN[C@H](c2ccccc2)[C@H]2CNc3cccnc3C2)cc1Cl. The van der Waals surface area contributed by atoms with Gasteiger partial charge in [0, 0.05) is 29.7 Å². The Bertz CT molecular complexity index is 1040. The number of benzene rings is 2. The van der Waals surface area contributed by atoms with Crippen molar-refractivity contribution >= 4 is 23.3 Å². The number of anilines is 1.